The number of hydrogen-bond acceptors (Lipinski definition) is 1. The zero-order valence-electron chi connectivity index (χ0n) is 11.0. The van der Waals surface area contributed by atoms with E-state index in [-0.39, 0.29) is 0 Å². The molecule has 0 aromatic heterocycles. The summed E-state index contributed by atoms with van der Waals surface area (Å²) in [6.45, 7) is 9.52. The molecule has 16 heavy (non-hydrogen) atoms. The number of hydrogen-bond donors (Lipinski definition) is 0. The number of nitrogens with zero attached hydrogens (tertiary/aromatic N) is 1. The van der Waals surface area contributed by atoms with Crippen LogP contribution in [-0.2, 0) is 5.41 Å². The molecule has 1 fully saturated rings. The van der Waals surface area contributed by atoms with Gasteiger partial charge in [-0.05, 0) is 31.0 Å². The molecule has 1 nitrogen and oxygen atoms in total. The molecule has 1 saturated heterocycles. The van der Waals surface area contributed by atoms with Gasteiger partial charge in [0.1, 0.15) is 0 Å². The van der Waals surface area contributed by atoms with Crippen LogP contribution in [0.2, 0.25) is 0 Å². The van der Waals surface area contributed by atoms with E-state index in [1.165, 1.54) is 25.1 Å². The first-order chi connectivity index (χ1) is 7.46. The van der Waals surface area contributed by atoms with Gasteiger partial charge in [-0.1, -0.05) is 51.1 Å². The fourth-order valence-corrected chi connectivity index (χ4v) is 3.04. The monoisotopic (exact) mass is 217 g/mol. The van der Waals surface area contributed by atoms with Gasteiger partial charge in [0.05, 0.1) is 0 Å². The van der Waals surface area contributed by atoms with Crippen molar-refractivity contribution in [3.8, 4) is 0 Å². The van der Waals surface area contributed by atoms with E-state index in [2.05, 4.69) is 63.1 Å². The van der Waals surface area contributed by atoms with Crippen molar-refractivity contribution in [2.24, 2.45) is 5.41 Å². The molecule has 1 unspecified atom stereocenters. The molecule has 0 spiro atoms. The third-order valence-corrected chi connectivity index (χ3v) is 4.22. The normalized spacial score (nSPS) is 27.2. The Morgan fingerprint density at radius 2 is 1.75 bits per heavy atom. The van der Waals surface area contributed by atoms with Crippen LogP contribution in [0.25, 0.3) is 0 Å². The van der Waals surface area contributed by atoms with Crippen LogP contribution in [0.4, 0.5) is 0 Å². The SMILES string of the molecule is CN1CCC(c2ccccc2)(C(C)(C)C)C1. The van der Waals surface area contributed by atoms with Gasteiger partial charge in [0.2, 0.25) is 0 Å². The van der Waals surface area contributed by atoms with Gasteiger partial charge in [-0.3, -0.25) is 0 Å². The lowest BCUT2D eigenvalue weighted by atomic mass is 9.62. The minimum Gasteiger partial charge on any atom is -0.305 e. The first-order valence-corrected chi connectivity index (χ1v) is 6.20. The maximum atomic E-state index is 2.46. The van der Waals surface area contributed by atoms with Crippen LogP contribution in [-0.4, -0.2) is 25.0 Å². The van der Waals surface area contributed by atoms with Crippen LogP contribution < -0.4 is 0 Å². The highest BCUT2D eigenvalue weighted by Gasteiger charge is 2.46. The summed E-state index contributed by atoms with van der Waals surface area (Å²) < 4.78 is 0. The minimum atomic E-state index is 0.319. The van der Waals surface area contributed by atoms with E-state index in [0.717, 1.165) is 0 Å². The maximum absolute atomic E-state index is 2.46. The van der Waals surface area contributed by atoms with E-state index in [1.807, 2.05) is 0 Å². The van der Waals surface area contributed by atoms with E-state index >= 15 is 0 Å². The third-order valence-electron chi connectivity index (χ3n) is 4.22. The Labute approximate surface area is 99.5 Å². The van der Waals surface area contributed by atoms with Gasteiger partial charge in [0.15, 0.2) is 0 Å². The van der Waals surface area contributed by atoms with Crippen molar-refractivity contribution >= 4 is 0 Å². The second-order valence-electron chi connectivity index (χ2n) is 6.19. The number of likely N-dealkylation sites (N-methyl/N-ethyl adjacent to an activating group) is 1. The highest BCUT2D eigenvalue weighted by atomic mass is 15.1. The topological polar surface area (TPSA) is 3.24 Å². The summed E-state index contributed by atoms with van der Waals surface area (Å²) in [4.78, 5) is 2.46. The quantitative estimate of drug-likeness (QED) is 0.697. The molecule has 1 heterocycles. The fourth-order valence-electron chi connectivity index (χ4n) is 3.04. The largest absolute Gasteiger partial charge is 0.305 e. The van der Waals surface area contributed by atoms with Crippen LogP contribution in [0.5, 0.6) is 0 Å². The van der Waals surface area contributed by atoms with E-state index in [4.69, 9.17) is 0 Å². The van der Waals surface area contributed by atoms with Crippen molar-refractivity contribution in [3.63, 3.8) is 0 Å². The third kappa shape index (κ3) is 1.78. The highest BCUT2D eigenvalue weighted by molar-refractivity contribution is 5.30. The van der Waals surface area contributed by atoms with Crippen molar-refractivity contribution in [2.45, 2.75) is 32.6 Å². The minimum absolute atomic E-state index is 0.319. The Balaban J connectivity index is 2.45. The van der Waals surface area contributed by atoms with Gasteiger partial charge in [-0.25, -0.2) is 0 Å². The first-order valence-electron chi connectivity index (χ1n) is 6.20. The molecule has 1 aliphatic rings. The smallest absolute Gasteiger partial charge is 0.0141 e. The van der Waals surface area contributed by atoms with Gasteiger partial charge in [-0.2, -0.15) is 0 Å². The average Bonchev–Trinajstić information content (AvgIpc) is 2.62. The second-order valence-corrected chi connectivity index (χ2v) is 6.19. The number of benzene rings is 1. The number of rotatable bonds is 1. The lowest BCUT2D eigenvalue weighted by Gasteiger charge is -2.42. The summed E-state index contributed by atoms with van der Waals surface area (Å²) in [6.07, 6.45) is 1.27. The zero-order chi connectivity index (χ0) is 11.8. The molecular formula is C15H23N. The molecule has 1 aromatic rings. The van der Waals surface area contributed by atoms with Gasteiger partial charge in [-0.15, -0.1) is 0 Å². The van der Waals surface area contributed by atoms with Gasteiger partial charge in [0, 0.05) is 12.0 Å². The Morgan fingerprint density at radius 1 is 1.12 bits per heavy atom. The molecule has 0 radical (unpaired) electrons. The fraction of sp³-hybridized carbons (Fsp3) is 0.600. The van der Waals surface area contributed by atoms with Gasteiger partial charge < -0.3 is 4.90 Å². The first kappa shape index (κ1) is 11.7. The molecule has 0 bridgehead atoms. The molecule has 2 rings (SSSR count). The standard InChI is InChI=1S/C15H23N/c1-14(2,3)15(10-11-16(4)12-15)13-8-6-5-7-9-13/h5-9H,10-12H2,1-4H3. The molecule has 1 heteroatoms. The van der Waals surface area contributed by atoms with Crippen molar-refractivity contribution in [1.29, 1.82) is 0 Å². The Bertz CT molecular complexity index is 349. The van der Waals surface area contributed by atoms with E-state index in [1.54, 1.807) is 0 Å². The Kier molecular flexibility index (Phi) is 2.83. The van der Waals surface area contributed by atoms with Gasteiger partial charge >= 0.3 is 0 Å². The molecule has 0 amide bonds. The number of likely N-dealkylation sites (tertiary alicyclic amines) is 1. The molecule has 88 valence electrons. The average molecular weight is 217 g/mol. The van der Waals surface area contributed by atoms with E-state index in [0.29, 0.717) is 10.8 Å². The maximum Gasteiger partial charge on any atom is 0.0141 e. The van der Waals surface area contributed by atoms with Crippen LogP contribution >= 0.6 is 0 Å². The van der Waals surface area contributed by atoms with Crippen LogP contribution in [0.3, 0.4) is 0 Å². The van der Waals surface area contributed by atoms with E-state index < -0.39 is 0 Å². The summed E-state index contributed by atoms with van der Waals surface area (Å²) >= 11 is 0. The lowest BCUT2D eigenvalue weighted by Crippen LogP contribution is -2.42. The van der Waals surface area contributed by atoms with Crippen molar-refractivity contribution in [3.05, 3.63) is 35.9 Å². The predicted molar refractivity (Wildman–Crippen MR) is 69.7 cm³/mol. The Hall–Kier alpha value is -0.820. The Morgan fingerprint density at radius 3 is 2.19 bits per heavy atom. The van der Waals surface area contributed by atoms with Crippen LogP contribution in [0.1, 0.15) is 32.8 Å². The molecular weight excluding hydrogens is 194 g/mol. The predicted octanol–water partition coefficient (Wildman–Crippen LogP) is 3.31. The summed E-state index contributed by atoms with van der Waals surface area (Å²) in [5.41, 5.74) is 2.15. The molecule has 1 aliphatic heterocycles. The van der Waals surface area contributed by atoms with E-state index in [9.17, 15) is 0 Å². The van der Waals surface area contributed by atoms with Crippen molar-refractivity contribution < 1.29 is 0 Å². The van der Waals surface area contributed by atoms with Crippen LogP contribution in [0, 0.1) is 5.41 Å². The highest BCUT2D eigenvalue weighted by Crippen LogP contribution is 2.47. The van der Waals surface area contributed by atoms with Crippen molar-refractivity contribution in [1.82, 2.24) is 4.90 Å². The second kappa shape index (κ2) is 3.89. The van der Waals surface area contributed by atoms with Crippen molar-refractivity contribution in [2.75, 3.05) is 20.1 Å². The molecule has 1 atom stereocenters. The summed E-state index contributed by atoms with van der Waals surface area (Å²) in [5, 5.41) is 0. The molecule has 1 aromatic carbocycles. The van der Waals surface area contributed by atoms with Gasteiger partial charge in [0.25, 0.3) is 0 Å². The summed E-state index contributed by atoms with van der Waals surface area (Å²) in [6, 6.07) is 11.0. The molecule has 0 N–H and O–H groups in total. The van der Waals surface area contributed by atoms with Crippen LogP contribution in [0.15, 0.2) is 30.3 Å². The summed E-state index contributed by atoms with van der Waals surface area (Å²) in [5.74, 6) is 0. The lowest BCUT2D eigenvalue weighted by molar-refractivity contribution is 0.186. The molecule has 0 saturated carbocycles. The molecule has 0 aliphatic carbocycles. The summed E-state index contributed by atoms with van der Waals surface area (Å²) in [7, 11) is 2.23. The zero-order valence-corrected chi connectivity index (χ0v) is 11.0.